The van der Waals surface area contributed by atoms with E-state index in [9.17, 15) is 0 Å². The zero-order chi connectivity index (χ0) is 11.4. The monoisotopic (exact) mass is 210 g/mol. The second-order valence-electron chi connectivity index (χ2n) is 2.50. The van der Waals surface area contributed by atoms with Crippen LogP contribution in [0.3, 0.4) is 0 Å². The first kappa shape index (κ1) is 16.2. The van der Waals surface area contributed by atoms with Gasteiger partial charge in [0.15, 0.2) is 6.29 Å². The van der Waals surface area contributed by atoms with Gasteiger partial charge in [0.1, 0.15) is 6.10 Å². The maximum absolute atomic E-state index is 8.17. The molecule has 0 amide bonds. The molecule has 0 aliphatic rings. The van der Waals surface area contributed by atoms with Gasteiger partial charge in [-0.2, -0.15) is 0 Å². The number of aliphatic hydroxyl groups is 3. The molecule has 0 aromatic carbocycles. The molecule has 0 atom stereocenters. The van der Waals surface area contributed by atoms with E-state index in [2.05, 4.69) is 0 Å². The summed E-state index contributed by atoms with van der Waals surface area (Å²) < 4.78 is 10.1. The molecule has 5 heteroatoms. The molecule has 0 unspecified atom stereocenters. The van der Waals surface area contributed by atoms with Crippen molar-refractivity contribution < 1.29 is 24.8 Å². The van der Waals surface area contributed by atoms with Crippen LogP contribution in [0.2, 0.25) is 0 Å². The maximum atomic E-state index is 8.17. The van der Waals surface area contributed by atoms with Crippen molar-refractivity contribution >= 4 is 0 Å². The molecule has 0 aliphatic carbocycles. The summed E-state index contributed by atoms with van der Waals surface area (Å²) >= 11 is 0. The summed E-state index contributed by atoms with van der Waals surface area (Å²) in [6, 6.07) is 0. The zero-order valence-electron chi connectivity index (χ0n) is 9.14. The predicted octanol–water partition coefficient (Wildman–Crippen LogP) is -0.263. The third kappa shape index (κ3) is 14.3. The first-order chi connectivity index (χ1) is 6.62. The first-order valence-corrected chi connectivity index (χ1v) is 4.75. The summed E-state index contributed by atoms with van der Waals surface area (Å²) in [6.45, 7) is 6.52. The van der Waals surface area contributed by atoms with Crippen molar-refractivity contribution in [2.24, 2.45) is 0 Å². The van der Waals surface area contributed by atoms with Crippen LogP contribution in [0.1, 0.15) is 20.8 Å². The van der Waals surface area contributed by atoms with Crippen molar-refractivity contribution in [3.63, 3.8) is 0 Å². The van der Waals surface area contributed by atoms with Gasteiger partial charge in [-0.3, -0.25) is 0 Å². The van der Waals surface area contributed by atoms with E-state index in [0.717, 1.165) is 13.2 Å². The summed E-state index contributed by atoms with van der Waals surface area (Å²) in [6.07, 6.45) is -0.991. The number of aliphatic hydroxyl groups excluding tert-OH is 3. The Kier molecular flexibility index (Phi) is 14.8. The second-order valence-corrected chi connectivity index (χ2v) is 2.50. The molecule has 14 heavy (non-hydrogen) atoms. The van der Waals surface area contributed by atoms with E-state index in [-0.39, 0.29) is 19.5 Å². The SMILES string of the molecule is CCOC(C)OCC.OCC(O)CO. The maximum Gasteiger partial charge on any atom is 0.154 e. The van der Waals surface area contributed by atoms with Crippen LogP contribution in [-0.2, 0) is 9.47 Å². The fourth-order valence-corrected chi connectivity index (χ4v) is 0.575. The molecule has 0 saturated carbocycles. The van der Waals surface area contributed by atoms with Crippen LogP contribution in [-0.4, -0.2) is 54.1 Å². The number of hydrogen-bond donors (Lipinski definition) is 3. The lowest BCUT2D eigenvalue weighted by Crippen LogP contribution is -2.15. The van der Waals surface area contributed by atoms with Crippen molar-refractivity contribution in [2.45, 2.75) is 33.2 Å². The molecule has 88 valence electrons. The average Bonchev–Trinajstić information content (AvgIpc) is 2.18. The molecule has 0 bridgehead atoms. The van der Waals surface area contributed by atoms with E-state index >= 15 is 0 Å². The van der Waals surface area contributed by atoms with Crippen LogP contribution in [0.25, 0.3) is 0 Å². The van der Waals surface area contributed by atoms with Crippen molar-refractivity contribution in [2.75, 3.05) is 26.4 Å². The van der Waals surface area contributed by atoms with E-state index in [1.165, 1.54) is 0 Å². The van der Waals surface area contributed by atoms with E-state index in [1.54, 1.807) is 0 Å². The van der Waals surface area contributed by atoms with Crippen molar-refractivity contribution in [1.82, 2.24) is 0 Å². The van der Waals surface area contributed by atoms with Gasteiger partial charge in [-0.05, 0) is 20.8 Å². The highest BCUT2D eigenvalue weighted by atomic mass is 16.7. The van der Waals surface area contributed by atoms with E-state index in [1.807, 2.05) is 20.8 Å². The minimum absolute atomic E-state index is 0.0370. The fourth-order valence-electron chi connectivity index (χ4n) is 0.575. The van der Waals surface area contributed by atoms with Crippen LogP contribution >= 0.6 is 0 Å². The highest BCUT2D eigenvalue weighted by molar-refractivity contribution is 4.44. The van der Waals surface area contributed by atoms with Gasteiger partial charge in [-0.1, -0.05) is 0 Å². The van der Waals surface area contributed by atoms with Gasteiger partial charge in [0, 0.05) is 13.2 Å². The van der Waals surface area contributed by atoms with Crippen LogP contribution in [0, 0.1) is 0 Å². The molecule has 0 heterocycles. The Bertz CT molecular complexity index is 89.2. The van der Waals surface area contributed by atoms with E-state index in [0.29, 0.717) is 0 Å². The van der Waals surface area contributed by atoms with Crippen LogP contribution in [0.4, 0.5) is 0 Å². The standard InChI is InChI=1S/C6H14O2.C3H8O3/c1-4-7-6(3)8-5-2;4-1-3(6)2-5/h6H,4-5H2,1-3H3;3-6H,1-2H2. The third-order valence-corrected chi connectivity index (χ3v) is 1.22. The second kappa shape index (κ2) is 12.8. The lowest BCUT2D eigenvalue weighted by Gasteiger charge is -2.09. The lowest BCUT2D eigenvalue weighted by molar-refractivity contribution is -0.123. The molecule has 0 fully saturated rings. The summed E-state index contributed by atoms with van der Waals surface area (Å²) in [5, 5.41) is 24.0. The number of rotatable bonds is 6. The molecular formula is C9H22O5. The van der Waals surface area contributed by atoms with Crippen molar-refractivity contribution in [3.05, 3.63) is 0 Å². The van der Waals surface area contributed by atoms with E-state index < -0.39 is 6.10 Å². The molecule has 0 spiro atoms. The molecule has 5 nitrogen and oxygen atoms in total. The predicted molar refractivity (Wildman–Crippen MR) is 52.9 cm³/mol. The van der Waals surface area contributed by atoms with Crippen molar-refractivity contribution in [1.29, 1.82) is 0 Å². The number of hydrogen-bond acceptors (Lipinski definition) is 5. The molecule has 0 saturated heterocycles. The van der Waals surface area contributed by atoms with Crippen LogP contribution < -0.4 is 0 Å². The molecule has 0 rings (SSSR count). The zero-order valence-corrected chi connectivity index (χ0v) is 9.14. The normalized spacial score (nSPS) is 10.3. The summed E-state index contributed by atoms with van der Waals surface area (Å²) in [7, 11) is 0. The minimum atomic E-state index is -0.954. The number of ether oxygens (including phenoxy) is 2. The van der Waals surface area contributed by atoms with Gasteiger partial charge in [-0.15, -0.1) is 0 Å². The van der Waals surface area contributed by atoms with Crippen molar-refractivity contribution in [3.8, 4) is 0 Å². The Morgan fingerprint density at radius 1 is 1.00 bits per heavy atom. The van der Waals surface area contributed by atoms with Gasteiger partial charge < -0.3 is 24.8 Å². The average molecular weight is 210 g/mol. The smallest absolute Gasteiger partial charge is 0.154 e. The van der Waals surface area contributed by atoms with Gasteiger partial charge in [0.05, 0.1) is 13.2 Å². The van der Waals surface area contributed by atoms with Gasteiger partial charge in [0.2, 0.25) is 0 Å². The molecule has 0 aromatic heterocycles. The minimum Gasteiger partial charge on any atom is -0.394 e. The van der Waals surface area contributed by atoms with E-state index in [4.69, 9.17) is 24.8 Å². The highest BCUT2D eigenvalue weighted by Gasteiger charge is 1.95. The Hall–Kier alpha value is -0.200. The summed E-state index contributed by atoms with van der Waals surface area (Å²) in [4.78, 5) is 0. The summed E-state index contributed by atoms with van der Waals surface area (Å²) in [5.74, 6) is 0. The van der Waals surface area contributed by atoms with Gasteiger partial charge in [0.25, 0.3) is 0 Å². The lowest BCUT2D eigenvalue weighted by atomic mass is 10.4. The topological polar surface area (TPSA) is 79.2 Å². The quantitative estimate of drug-likeness (QED) is 0.526. The Balaban J connectivity index is 0. The van der Waals surface area contributed by atoms with Crippen LogP contribution in [0.15, 0.2) is 0 Å². The Morgan fingerprint density at radius 3 is 1.50 bits per heavy atom. The molecule has 0 radical (unpaired) electrons. The molecule has 0 aromatic rings. The highest BCUT2D eigenvalue weighted by Crippen LogP contribution is 1.90. The third-order valence-electron chi connectivity index (χ3n) is 1.22. The van der Waals surface area contributed by atoms with Gasteiger partial charge >= 0.3 is 0 Å². The van der Waals surface area contributed by atoms with Gasteiger partial charge in [-0.25, -0.2) is 0 Å². The Morgan fingerprint density at radius 2 is 1.36 bits per heavy atom. The molecule has 3 N–H and O–H groups in total. The Labute approximate surface area is 85.3 Å². The molecule has 0 aliphatic heterocycles. The summed E-state index contributed by atoms with van der Waals surface area (Å²) in [5.41, 5.74) is 0. The van der Waals surface area contributed by atoms with Crippen LogP contribution in [0.5, 0.6) is 0 Å². The fraction of sp³-hybridized carbons (Fsp3) is 1.00. The largest absolute Gasteiger partial charge is 0.394 e. The first-order valence-electron chi connectivity index (χ1n) is 4.75. The molecular weight excluding hydrogens is 188 g/mol.